The lowest BCUT2D eigenvalue weighted by molar-refractivity contribution is -0.118. The molecule has 0 saturated heterocycles. The molecule has 0 radical (unpaired) electrons. The number of aryl methyl sites for hydroxylation is 2. The number of carbonyl (C=O) groups excluding carboxylic acids is 2. The number of hydrogen-bond donors (Lipinski definition) is 1. The number of fused-ring (bicyclic) bond motifs is 2. The zero-order valence-corrected chi connectivity index (χ0v) is 17.4. The average molecular weight is 412 g/mol. The topological polar surface area (TPSA) is 88.5 Å². The van der Waals surface area contributed by atoms with Gasteiger partial charge in [-0.2, -0.15) is 0 Å². The molecule has 29 heavy (non-hydrogen) atoms. The highest BCUT2D eigenvalue weighted by molar-refractivity contribution is 7.91. The zero-order valence-electron chi connectivity index (χ0n) is 16.6. The van der Waals surface area contributed by atoms with Crippen LogP contribution in [0.25, 0.3) is 0 Å². The Morgan fingerprint density at radius 2 is 1.76 bits per heavy atom. The quantitative estimate of drug-likeness (QED) is 0.819. The number of pyridine rings is 1. The highest BCUT2D eigenvalue weighted by Gasteiger charge is 2.25. The van der Waals surface area contributed by atoms with Crippen LogP contribution in [0.4, 0.5) is 0 Å². The third-order valence-electron chi connectivity index (χ3n) is 5.57. The number of aromatic nitrogens is 1. The normalized spacial score (nSPS) is 16.6. The third kappa shape index (κ3) is 4.56. The Balaban J connectivity index is 1.50. The SMILES string of the molecule is CS(=O)(=NC(=O)Cc1c2c(cc3c1CCC3)CCC2)NC(=O)Cc1ccccn1. The molecule has 1 aromatic heterocycles. The molecule has 2 aliphatic rings. The summed E-state index contributed by atoms with van der Waals surface area (Å²) in [6.45, 7) is 0. The van der Waals surface area contributed by atoms with Crippen molar-refractivity contribution in [2.75, 3.05) is 6.26 Å². The minimum Gasteiger partial charge on any atom is -0.274 e. The molecule has 1 atom stereocenters. The van der Waals surface area contributed by atoms with Crippen molar-refractivity contribution in [3.05, 3.63) is 64.0 Å². The fourth-order valence-corrected chi connectivity index (χ4v) is 5.46. The van der Waals surface area contributed by atoms with Gasteiger partial charge in [0.15, 0.2) is 0 Å². The van der Waals surface area contributed by atoms with E-state index in [1.54, 1.807) is 24.4 Å². The third-order valence-corrected chi connectivity index (χ3v) is 6.73. The van der Waals surface area contributed by atoms with E-state index in [1.807, 2.05) is 0 Å². The summed E-state index contributed by atoms with van der Waals surface area (Å²) >= 11 is 0. The fraction of sp³-hybridized carbons (Fsp3) is 0.409. The molecule has 0 fully saturated rings. The van der Waals surface area contributed by atoms with Gasteiger partial charge in [0.1, 0.15) is 9.92 Å². The number of nitrogens with zero attached hydrogens (tertiary/aromatic N) is 2. The van der Waals surface area contributed by atoms with Gasteiger partial charge in [-0.3, -0.25) is 19.3 Å². The van der Waals surface area contributed by atoms with Crippen molar-refractivity contribution < 1.29 is 13.8 Å². The first kappa shape index (κ1) is 19.8. The Hall–Kier alpha value is -2.54. The van der Waals surface area contributed by atoms with Crippen LogP contribution >= 0.6 is 0 Å². The second kappa shape index (κ2) is 8.06. The summed E-state index contributed by atoms with van der Waals surface area (Å²) in [7, 11) is -3.15. The highest BCUT2D eigenvalue weighted by atomic mass is 32.2. The smallest absolute Gasteiger partial charge is 0.259 e. The van der Waals surface area contributed by atoms with E-state index in [2.05, 4.69) is 20.1 Å². The molecule has 2 amide bonds. The first-order valence-electron chi connectivity index (χ1n) is 10.0. The van der Waals surface area contributed by atoms with Crippen LogP contribution in [-0.4, -0.2) is 27.3 Å². The molecule has 152 valence electrons. The van der Waals surface area contributed by atoms with Crippen molar-refractivity contribution in [3.63, 3.8) is 0 Å². The van der Waals surface area contributed by atoms with Gasteiger partial charge in [0.25, 0.3) is 5.91 Å². The van der Waals surface area contributed by atoms with Crippen molar-refractivity contribution in [2.24, 2.45) is 4.36 Å². The van der Waals surface area contributed by atoms with Crippen LogP contribution in [0.15, 0.2) is 34.8 Å². The largest absolute Gasteiger partial charge is 0.274 e. The molecule has 2 aliphatic carbocycles. The maximum Gasteiger partial charge on any atom is 0.259 e. The molecule has 4 rings (SSSR count). The van der Waals surface area contributed by atoms with Crippen molar-refractivity contribution in [3.8, 4) is 0 Å². The van der Waals surface area contributed by atoms with Gasteiger partial charge in [-0.15, -0.1) is 4.36 Å². The summed E-state index contributed by atoms with van der Waals surface area (Å²) in [5.41, 5.74) is 6.95. The van der Waals surface area contributed by atoms with Gasteiger partial charge >= 0.3 is 0 Å². The minimum atomic E-state index is -3.15. The van der Waals surface area contributed by atoms with Crippen LogP contribution < -0.4 is 4.72 Å². The van der Waals surface area contributed by atoms with Crippen LogP contribution in [-0.2, 0) is 58.0 Å². The first-order chi connectivity index (χ1) is 13.9. The molecule has 0 aliphatic heterocycles. The molecular formula is C22H25N3O3S. The molecular weight excluding hydrogens is 386 g/mol. The van der Waals surface area contributed by atoms with E-state index in [4.69, 9.17) is 0 Å². The average Bonchev–Trinajstić information content (AvgIpc) is 3.30. The molecule has 0 saturated carbocycles. The Bertz CT molecular complexity index is 1050. The van der Waals surface area contributed by atoms with E-state index in [9.17, 15) is 13.8 Å². The molecule has 6 nitrogen and oxygen atoms in total. The van der Waals surface area contributed by atoms with Gasteiger partial charge in [0.05, 0.1) is 12.8 Å². The maximum atomic E-state index is 12.7. The van der Waals surface area contributed by atoms with E-state index >= 15 is 0 Å². The van der Waals surface area contributed by atoms with E-state index < -0.39 is 21.7 Å². The van der Waals surface area contributed by atoms with Gasteiger partial charge in [-0.1, -0.05) is 12.1 Å². The van der Waals surface area contributed by atoms with E-state index in [-0.39, 0.29) is 12.8 Å². The Morgan fingerprint density at radius 3 is 2.38 bits per heavy atom. The lowest BCUT2D eigenvalue weighted by Gasteiger charge is -2.14. The number of benzene rings is 1. The molecule has 0 spiro atoms. The summed E-state index contributed by atoms with van der Waals surface area (Å²) in [4.78, 5) is 28.9. The van der Waals surface area contributed by atoms with Crippen molar-refractivity contribution in [1.82, 2.24) is 9.71 Å². The zero-order chi connectivity index (χ0) is 20.4. The summed E-state index contributed by atoms with van der Waals surface area (Å²) in [5, 5.41) is 0. The van der Waals surface area contributed by atoms with Crippen LogP contribution in [0.3, 0.4) is 0 Å². The predicted molar refractivity (Wildman–Crippen MR) is 112 cm³/mol. The van der Waals surface area contributed by atoms with Gasteiger partial charge in [0, 0.05) is 18.1 Å². The summed E-state index contributed by atoms with van der Waals surface area (Å²) in [6, 6.07) is 7.57. The second-order valence-electron chi connectivity index (χ2n) is 7.82. The van der Waals surface area contributed by atoms with Gasteiger partial charge < -0.3 is 0 Å². The monoisotopic (exact) mass is 411 g/mol. The van der Waals surface area contributed by atoms with Crippen LogP contribution in [0.2, 0.25) is 0 Å². The molecule has 7 heteroatoms. The second-order valence-corrected chi connectivity index (χ2v) is 9.82. The minimum absolute atomic E-state index is 0.00488. The van der Waals surface area contributed by atoms with Crippen molar-refractivity contribution in [2.45, 2.75) is 51.4 Å². The molecule has 1 N–H and O–H groups in total. The molecule has 1 unspecified atom stereocenters. The van der Waals surface area contributed by atoms with Gasteiger partial charge in [-0.25, -0.2) is 4.21 Å². The first-order valence-corrected chi connectivity index (χ1v) is 11.9. The fourth-order valence-electron chi connectivity index (χ4n) is 4.46. The lowest BCUT2D eigenvalue weighted by Crippen LogP contribution is -2.31. The van der Waals surface area contributed by atoms with Gasteiger partial charge in [-0.05, 0) is 78.5 Å². The standard InChI is InChI=1S/C22H25N3O3S/c1-29(28,24-21(26)13-17-8-2-3-11-23-17)25-22(27)14-20-18-9-4-6-15(18)12-16-7-5-10-19(16)20/h2-3,8,11-12H,4-7,9-10,13-14H2,1H3,(H,24,25,26,27,28). The Labute approximate surface area is 171 Å². The van der Waals surface area contributed by atoms with E-state index in [0.717, 1.165) is 44.1 Å². The van der Waals surface area contributed by atoms with Crippen LogP contribution in [0.5, 0.6) is 0 Å². The number of amides is 2. The number of rotatable bonds is 5. The summed E-state index contributed by atoms with van der Waals surface area (Å²) in [5.74, 6) is -0.903. The highest BCUT2D eigenvalue weighted by Crippen LogP contribution is 2.35. The molecule has 1 heterocycles. The molecule has 1 aromatic carbocycles. The van der Waals surface area contributed by atoms with Crippen LogP contribution in [0.1, 0.15) is 46.4 Å². The number of carbonyl (C=O) groups is 2. The predicted octanol–water partition coefficient (Wildman–Crippen LogP) is 2.50. The number of nitrogens with one attached hydrogen (secondary N) is 1. The van der Waals surface area contributed by atoms with Crippen molar-refractivity contribution >= 4 is 21.7 Å². The Morgan fingerprint density at radius 1 is 1.07 bits per heavy atom. The van der Waals surface area contributed by atoms with Crippen LogP contribution in [0, 0.1) is 0 Å². The maximum absolute atomic E-state index is 12.7. The van der Waals surface area contributed by atoms with E-state index in [0.29, 0.717) is 5.69 Å². The molecule has 0 bridgehead atoms. The van der Waals surface area contributed by atoms with Crippen molar-refractivity contribution in [1.29, 1.82) is 0 Å². The summed E-state index contributed by atoms with van der Waals surface area (Å²) < 4.78 is 19.0. The van der Waals surface area contributed by atoms with Gasteiger partial charge in [0.2, 0.25) is 5.91 Å². The summed E-state index contributed by atoms with van der Waals surface area (Å²) in [6.07, 6.45) is 9.39. The lowest BCUT2D eigenvalue weighted by atomic mass is 9.92. The number of hydrogen-bond acceptors (Lipinski definition) is 4. The van der Waals surface area contributed by atoms with E-state index in [1.165, 1.54) is 28.5 Å². The molecule has 2 aromatic rings. The Kier molecular flexibility index (Phi) is 5.50.